The lowest BCUT2D eigenvalue weighted by Crippen LogP contribution is -2.21. The minimum absolute atomic E-state index is 0.0221. The number of aromatic nitrogens is 1. The average molecular weight is 369 g/mol. The second-order valence-corrected chi connectivity index (χ2v) is 6.59. The number of benzene rings is 2. The molecule has 0 fully saturated rings. The molecule has 0 amide bonds. The number of hydrogen-bond acceptors (Lipinski definition) is 7. The number of fused-ring (bicyclic) bond motifs is 1. The van der Waals surface area contributed by atoms with Crippen molar-refractivity contribution >= 4 is 44.5 Å². The van der Waals surface area contributed by atoms with Gasteiger partial charge in [-0.1, -0.05) is 0 Å². The van der Waals surface area contributed by atoms with E-state index in [1.807, 2.05) is 19.1 Å². The Morgan fingerprint density at radius 2 is 1.92 bits per heavy atom. The minimum atomic E-state index is -0.423. The molecule has 0 aliphatic carbocycles. The molecule has 0 radical (unpaired) electrons. The predicted molar refractivity (Wildman–Crippen MR) is 105 cm³/mol. The summed E-state index contributed by atoms with van der Waals surface area (Å²) in [6.45, 7) is 8.13. The van der Waals surface area contributed by atoms with Gasteiger partial charge in [-0.25, -0.2) is 0 Å². The Hall–Kier alpha value is -2.87. The highest BCUT2D eigenvalue weighted by atomic mass is 32.1. The molecule has 0 spiro atoms. The molecule has 1 heterocycles. The number of nitro benzene ring substituents is 1. The van der Waals surface area contributed by atoms with Crippen LogP contribution in [-0.4, -0.2) is 22.4 Å². The van der Waals surface area contributed by atoms with Gasteiger partial charge in [-0.05, 0) is 62.1 Å². The van der Waals surface area contributed by atoms with Crippen molar-refractivity contribution in [1.29, 1.82) is 0 Å². The molecular formula is C18H19N5O2S. The number of nitrogens with zero attached hydrogens (tertiary/aromatic N) is 5. The van der Waals surface area contributed by atoms with Crippen LogP contribution in [0, 0.1) is 17.0 Å². The van der Waals surface area contributed by atoms with Crippen LogP contribution in [0.3, 0.4) is 0 Å². The molecule has 0 saturated heterocycles. The summed E-state index contributed by atoms with van der Waals surface area (Å²) in [6, 6.07) is 10.7. The van der Waals surface area contributed by atoms with E-state index in [0.717, 1.165) is 34.7 Å². The number of hydrogen-bond donors (Lipinski definition) is 0. The molecule has 3 aromatic rings. The fourth-order valence-corrected chi connectivity index (χ4v) is 3.44. The summed E-state index contributed by atoms with van der Waals surface area (Å²) in [5.74, 6) is 0.404. The summed E-state index contributed by atoms with van der Waals surface area (Å²) in [4.78, 5) is 12.8. The van der Waals surface area contributed by atoms with Crippen molar-refractivity contribution in [1.82, 2.24) is 4.37 Å². The lowest BCUT2D eigenvalue weighted by Gasteiger charge is -2.21. The van der Waals surface area contributed by atoms with E-state index in [1.165, 1.54) is 23.7 Å². The van der Waals surface area contributed by atoms with Crippen LogP contribution in [0.5, 0.6) is 0 Å². The van der Waals surface area contributed by atoms with Crippen molar-refractivity contribution in [3.63, 3.8) is 0 Å². The zero-order valence-corrected chi connectivity index (χ0v) is 15.7. The standard InChI is InChI=1S/C18H19N5O2S/c1-4-22(5-2)13-6-8-16(12(3)10-13)19-20-18-15-11-14(23(24)25)7-9-17(15)26-21-18/h6-11H,4-5H2,1-3H3. The third kappa shape index (κ3) is 3.55. The Kier molecular flexibility index (Phi) is 5.22. The Balaban J connectivity index is 1.91. The zero-order chi connectivity index (χ0) is 18.7. The Morgan fingerprint density at radius 3 is 2.58 bits per heavy atom. The number of nitro groups is 1. The third-order valence-corrected chi connectivity index (χ3v) is 5.02. The molecule has 0 aliphatic heterocycles. The van der Waals surface area contributed by atoms with Crippen molar-refractivity contribution in [2.45, 2.75) is 20.8 Å². The predicted octanol–water partition coefficient (Wildman–Crippen LogP) is 5.77. The van der Waals surface area contributed by atoms with Crippen LogP contribution >= 0.6 is 11.5 Å². The first-order valence-corrected chi connectivity index (χ1v) is 9.12. The fourth-order valence-electron chi connectivity index (χ4n) is 2.74. The normalized spacial score (nSPS) is 11.3. The van der Waals surface area contributed by atoms with E-state index >= 15 is 0 Å². The average Bonchev–Trinajstić information content (AvgIpc) is 3.04. The molecule has 3 rings (SSSR count). The Labute approximate surface area is 155 Å². The van der Waals surface area contributed by atoms with Crippen LogP contribution < -0.4 is 4.90 Å². The van der Waals surface area contributed by atoms with E-state index in [1.54, 1.807) is 6.07 Å². The van der Waals surface area contributed by atoms with Crippen LogP contribution in [0.15, 0.2) is 46.6 Å². The molecule has 0 bridgehead atoms. The minimum Gasteiger partial charge on any atom is -0.372 e. The molecule has 2 aromatic carbocycles. The SMILES string of the molecule is CCN(CC)c1ccc(N=Nc2nsc3ccc([N+](=O)[O-])cc23)c(C)c1. The van der Waals surface area contributed by atoms with Gasteiger partial charge >= 0.3 is 0 Å². The fraction of sp³-hybridized carbons (Fsp3) is 0.278. The van der Waals surface area contributed by atoms with E-state index in [4.69, 9.17) is 0 Å². The number of non-ortho nitro benzene ring substituents is 1. The van der Waals surface area contributed by atoms with Gasteiger partial charge in [-0.2, -0.15) is 4.37 Å². The van der Waals surface area contributed by atoms with Crippen LogP contribution in [0.4, 0.5) is 22.9 Å². The lowest BCUT2D eigenvalue weighted by atomic mass is 10.1. The monoisotopic (exact) mass is 369 g/mol. The molecule has 0 N–H and O–H groups in total. The highest BCUT2D eigenvalue weighted by Gasteiger charge is 2.12. The molecule has 8 heteroatoms. The molecule has 0 aliphatic rings. The van der Waals surface area contributed by atoms with Crippen molar-refractivity contribution in [3.05, 3.63) is 52.1 Å². The van der Waals surface area contributed by atoms with Gasteiger partial charge in [0.1, 0.15) is 0 Å². The van der Waals surface area contributed by atoms with Crippen LogP contribution in [0.1, 0.15) is 19.4 Å². The highest BCUT2D eigenvalue weighted by Crippen LogP contribution is 2.33. The van der Waals surface area contributed by atoms with Crippen molar-refractivity contribution in [2.24, 2.45) is 10.2 Å². The highest BCUT2D eigenvalue weighted by molar-refractivity contribution is 7.13. The van der Waals surface area contributed by atoms with E-state index < -0.39 is 4.92 Å². The van der Waals surface area contributed by atoms with E-state index in [2.05, 4.69) is 39.4 Å². The smallest absolute Gasteiger partial charge is 0.270 e. The molecule has 134 valence electrons. The molecule has 7 nitrogen and oxygen atoms in total. The summed E-state index contributed by atoms with van der Waals surface area (Å²) in [5, 5.41) is 20.1. The first-order valence-electron chi connectivity index (χ1n) is 8.34. The van der Waals surface area contributed by atoms with E-state index in [9.17, 15) is 10.1 Å². The molecule has 0 saturated carbocycles. The summed E-state index contributed by atoms with van der Waals surface area (Å²) >= 11 is 1.25. The van der Waals surface area contributed by atoms with Crippen molar-refractivity contribution in [2.75, 3.05) is 18.0 Å². The van der Waals surface area contributed by atoms with E-state index in [0.29, 0.717) is 11.2 Å². The number of anilines is 1. The first-order chi connectivity index (χ1) is 12.5. The maximum absolute atomic E-state index is 11.0. The number of aryl methyl sites for hydroxylation is 1. The van der Waals surface area contributed by atoms with Gasteiger partial charge in [-0.3, -0.25) is 10.1 Å². The van der Waals surface area contributed by atoms with E-state index in [-0.39, 0.29) is 5.69 Å². The van der Waals surface area contributed by atoms with Gasteiger partial charge < -0.3 is 4.90 Å². The van der Waals surface area contributed by atoms with Gasteiger partial charge in [0, 0.05) is 36.3 Å². The summed E-state index contributed by atoms with van der Waals surface area (Å²) < 4.78 is 5.11. The van der Waals surface area contributed by atoms with Crippen LogP contribution in [0.25, 0.3) is 10.1 Å². The lowest BCUT2D eigenvalue weighted by molar-refractivity contribution is -0.384. The number of azo groups is 1. The number of rotatable bonds is 6. The summed E-state index contributed by atoms with van der Waals surface area (Å²) in [5.41, 5.74) is 2.95. The maximum atomic E-state index is 11.0. The topological polar surface area (TPSA) is 84.0 Å². The van der Waals surface area contributed by atoms with Gasteiger partial charge in [0.25, 0.3) is 5.69 Å². The second kappa shape index (κ2) is 7.57. The van der Waals surface area contributed by atoms with Crippen LogP contribution in [0.2, 0.25) is 0 Å². The third-order valence-electron chi connectivity index (χ3n) is 4.21. The molecule has 26 heavy (non-hydrogen) atoms. The second-order valence-electron chi connectivity index (χ2n) is 5.79. The van der Waals surface area contributed by atoms with Gasteiger partial charge in [0.15, 0.2) is 5.82 Å². The van der Waals surface area contributed by atoms with Gasteiger partial charge in [0.05, 0.1) is 15.3 Å². The van der Waals surface area contributed by atoms with Crippen LogP contribution in [-0.2, 0) is 0 Å². The zero-order valence-electron chi connectivity index (χ0n) is 14.8. The molecular weight excluding hydrogens is 350 g/mol. The van der Waals surface area contributed by atoms with Gasteiger partial charge in [0.2, 0.25) is 0 Å². The molecule has 1 aromatic heterocycles. The Morgan fingerprint density at radius 1 is 1.15 bits per heavy atom. The summed E-state index contributed by atoms with van der Waals surface area (Å²) in [6.07, 6.45) is 0. The van der Waals surface area contributed by atoms with Crippen molar-refractivity contribution < 1.29 is 4.92 Å². The largest absolute Gasteiger partial charge is 0.372 e. The van der Waals surface area contributed by atoms with Gasteiger partial charge in [-0.15, -0.1) is 10.2 Å². The molecule has 0 atom stereocenters. The van der Waals surface area contributed by atoms with Crippen molar-refractivity contribution in [3.8, 4) is 0 Å². The Bertz CT molecular complexity index is 979. The maximum Gasteiger partial charge on any atom is 0.270 e. The quantitative estimate of drug-likeness (QED) is 0.313. The summed E-state index contributed by atoms with van der Waals surface area (Å²) in [7, 11) is 0. The first kappa shape index (κ1) is 17.9. The molecule has 0 unspecified atom stereocenters.